The molecule has 146 valence electrons. The van der Waals surface area contributed by atoms with Crippen LogP contribution in [-0.2, 0) is 0 Å². The zero-order valence-electron chi connectivity index (χ0n) is 15.7. The normalized spacial score (nSPS) is 20.0. The Morgan fingerprint density at radius 2 is 2.00 bits per heavy atom. The van der Waals surface area contributed by atoms with Crippen LogP contribution in [0.1, 0.15) is 16.1 Å². The number of rotatable bonds is 6. The lowest BCUT2D eigenvalue weighted by Gasteiger charge is -2.23. The van der Waals surface area contributed by atoms with Crippen molar-refractivity contribution in [1.82, 2.24) is 9.80 Å². The molecular weight excluding hydrogens is 348 g/mol. The van der Waals surface area contributed by atoms with Crippen molar-refractivity contribution in [2.45, 2.75) is 6.92 Å². The highest BCUT2D eigenvalue weighted by atomic mass is 16.3. The molecule has 0 bridgehead atoms. The first-order valence-corrected chi connectivity index (χ1v) is 9.17. The Hall–Kier alpha value is -2.22. The lowest BCUT2D eigenvalue weighted by atomic mass is 9.96. The van der Waals surface area contributed by atoms with E-state index in [0.29, 0.717) is 37.1 Å². The Bertz CT molecular complexity index is 878. The molecule has 1 aromatic heterocycles. The number of likely N-dealkylation sites (N-methyl/N-ethyl adjacent to an activating group) is 1. The molecular formula is C20H26N2O5. The van der Waals surface area contributed by atoms with E-state index in [1.54, 1.807) is 17.0 Å². The zero-order valence-corrected chi connectivity index (χ0v) is 15.7. The number of amides is 1. The molecule has 0 spiro atoms. The van der Waals surface area contributed by atoms with Gasteiger partial charge in [0.2, 0.25) is 0 Å². The first-order valence-electron chi connectivity index (χ1n) is 9.17. The molecule has 2 aromatic rings. The van der Waals surface area contributed by atoms with Crippen LogP contribution in [0.25, 0.3) is 11.0 Å². The van der Waals surface area contributed by atoms with E-state index in [0.717, 1.165) is 5.56 Å². The minimum Gasteiger partial charge on any atom is -0.451 e. The second kappa shape index (κ2) is 8.21. The van der Waals surface area contributed by atoms with Crippen molar-refractivity contribution in [3.63, 3.8) is 0 Å². The molecule has 1 fully saturated rings. The SMILES string of the molecule is Cc1ccc2c(=O)cc(C(=O)N3C[C@@H](CN(C)CCO)[C@@H](CO)C3)oc2c1. The molecule has 0 saturated carbocycles. The number of aliphatic hydroxyl groups is 2. The van der Waals surface area contributed by atoms with Gasteiger partial charge in [-0.25, -0.2) is 0 Å². The summed E-state index contributed by atoms with van der Waals surface area (Å²) in [6, 6.07) is 6.54. The van der Waals surface area contributed by atoms with Gasteiger partial charge in [-0.1, -0.05) is 6.07 Å². The van der Waals surface area contributed by atoms with Gasteiger partial charge in [0.1, 0.15) is 5.58 Å². The highest BCUT2D eigenvalue weighted by molar-refractivity contribution is 5.93. The number of carbonyl (C=O) groups is 1. The summed E-state index contributed by atoms with van der Waals surface area (Å²) in [6.45, 7) is 4.07. The van der Waals surface area contributed by atoms with E-state index in [4.69, 9.17) is 9.52 Å². The predicted octanol–water partition coefficient (Wildman–Crippen LogP) is 0.706. The summed E-state index contributed by atoms with van der Waals surface area (Å²) in [5.41, 5.74) is 1.11. The van der Waals surface area contributed by atoms with Crippen LogP contribution in [0.3, 0.4) is 0 Å². The van der Waals surface area contributed by atoms with Crippen molar-refractivity contribution in [1.29, 1.82) is 0 Å². The van der Waals surface area contributed by atoms with Crippen LogP contribution in [0.15, 0.2) is 33.5 Å². The topological polar surface area (TPSA) is 94.2 Å². The van der Waals surface area contributed by atoms with Crippen LogP contribution in [0, 0.1) is 18.8 Å². The molecule has 0 aliphatic carbocycles. The van der Waals surface area contributed by atoms with Crippen molar-refractivity contribution < 1.29 is 19.4 Å². The second-order valence-electron chi connectivity index (χ2n) is 7.37. The lowest BCUT2D eigenvalue weighted by Crippen LogP contribution is -2.33. The second-order valence-corrected chi connectivity index (χ2v) is 7.37. The van der Waals surface area contributed by atoms with E-state index in [1.807, 2.05) is 24.9 Å². The third kappa shape index (κ3) is 4.21. The number of carbonyl (C=O) groups excluding carboxylic acids is 1. The Labute approximate surface area is 157 Å². The molecule has 2 N–H and O–H groups in total. The molecule has 1 aliphatic rings. The fourth-order valence-electron chi connectivity index (χ4n) is 3.70. The van der Waals surface area contributed by atoms with Crippen LogP contribution in [0.5, 0.6) is 0 Å². The first kappa shape index (κ1) is 19.5. The third-order valence-corrected chi connectivity index (χ3v) is 5.22. The molecule has 1 saturated heterocycles. The minimum atomic E-state index is -0.332. The summed E-state index contributed by atoms with van der Waals surface area (Å²) in [5, 5.41) is 19.2. The van der Waals surface area contributed by atoms with Gasteiger partial charge in [0.15, 0.2) is 11.2 Å². The highest BCUT2D eigenvalue weighted by Gasteiger charge is 2.36. The number of aryl methyl sites for hydroxylation is 1. The van der Waals surface area contributed by atoms with Gasteiger partial charge < -0.3 is 24.4 Å². The van der Waals surface area contributed by atoms with Crippen molar-refractivity contribution in [2.24, 2.45) is 11.8 Å². The average molecular weight is 374 g/mol. The standard InChI is InChI=1S/C20H26N2O5/c1-13-3-4-16-17(25)8-19(27-18(16)7-13)20(26)22-10-14(15(11-22)12-24)9-21(2)5-6-23/h3-4,7-8,14-15,23-24H,5-6,9-12H2,1-2H3/t14-,15-/m1/s1. The number of nitrogens with zero attached hydrogens (tertiary/aromatic N) is 2. The Morgan fingerprint density at radius 1 is 1.26 bits per heavy atom. The van der Waals surface area contributed by atoms with Gasteiger partial charge in [0.05, 0.1) is 12.0 Å². The van der Waals surface area contributed by atoms with Gasteiger partial charge in [0, 0.05) is 44.8 Å². The maximum Gasteiger partial charge on any atom is 0.289 e. The molecule has 2 atom stereocenters. The van der Waals surface area contributed by atoms with Gasteiger partial charge >= 0.3 is 0 Å². The molecule has 0 unspecified atom stereocenters. The van der Waals surface area contributed by atoms with Gasteiger partial charge in [-0.2, -0.15) is 0 Å². The number of aliphatic hydroxyl groups excluding tert-OH is 2. The number of hydrogen-bond acceptors (Lipinski definition) is 6. The predicted molar refractivity (Wildman–Crippen MR) is 102 cm³/mol. The molecule has 3 rings (SSSR count). The van der Waals surface area contributed by atoms with Crippen molar-refractivity contribution in [3.8, 4) is 0 Å². The monoisotopic (exact) mass is 374 g/mol. The number of benzene rings is 1. The summed E-state index contributed by atoms with van der Waals surface area (Å²) in [4.78, 5) is 28.9. The van der Waals surface area contributed by atoms with Gasteiger partial charge in [-0.05, 0) is 37.6 Å². The Morgan fingerprint density at radius 3 is 2.70 bits per heavy atom. The zero-order chi connectivity index (χ0) is 19.6. The van der Waals surface area contributed by atoms with E-state index in [-0.39, 0.29) is 42.1 Å². The molecule has 2 heterocycles. The largest absolute Gasteiger partial charge is 0.451 e. The van der Waals surface area contributed by atoms with E-state index >= 15 is 0 Å². The quantitative estimate of drug-likeness (QED) is 0.773. The summed E-state index contributed by atoms with van der Waals surface area (Å²) < 4.78 is 5.72. The highest BCUT2D eigenvalue weighted by Crippen LogP contribution is 2.26. The molecule has 1 amide bonds. The fraction of sp³-hybridized carbons (Fsp3) is 0.500. The van der Waals surface area contributed by atoms with E-state index in [1.165, 1.54) is 6.07 Å². The van der Waals surface area contributed by atoms with Crippen molar-refractivity contribution in [2.75, 3.05) is 46.4 Å². The summed E-state index contributed by atoms with van der Waals surface area (Å²) in [5.74, 6) is -0.241. The van der Waals surface area contributed by atoms with Gasteiger partial charge in [-0.15, -0.1) is 0 Å². The van der Waals surface area contributed by atoms with E-state index in [9.17, 15) is 14.7 Å². The van der Waals surface area contributed by atoms with Gasteiger partial charge in [0.25, 0.3) is 5.91 Å². The van der Waals surface area contributed by atoms with Crippen LogP contribution in [0.4, 0.5) is 0 Å². The average Bonchev–Trinajstić information content (AvgIpc) is 3.03. The molecule has 7 heteroatoms. The number of likely N-dealkylation sites (tertiary alicyclic amines) is 1. The lowest BCUT2D eigenvalue weighted by molar-refractivity contribution is 0.0748. The van der Waals surface area contributed by atoms with Crippen LogP contribution in [0.2, 0.25) is 0 Å². The summed E-state index contributed by atoms with van der Waals surface area (Å²) >= 11 is 0. The molecule has 0 radical (unpaired) electrons. The van der Waals surface area contributed by atoms with E-state index < -0.39 is 0 Å². The maximum absolute atomic E-state index is 12.9. The van der Waals surface area contributed by atoms with Crippen LogP contribution in [-0.4, -0.2) is 72.4 Å². The Balaban J connectivity index is 1.81. The maximum atomic E-state index is 12.9. The third-order valence-electron chi connectivity index (χ3n) is 5.22. The molecule has 27 heavy (non-hydrogen) atoms. The Kier molecular flexibility index (Phi) is 5.94. The minimum absolute atomic E-state index is 0.0116. The van der Waals surface area contributed by atoms with Crippen molar-refractivity contribution in [3.05, 3.63) is 45.8 Å². The van der Waals surface area contributed by atoms with Gasteiger partial charge in [-0.3, -0.25) is 9.59 Å². The first-order chi connectivity index (χ1) is 12.9. The number of hydrogen-bond donors (Lipinski definition) is 2. The molecule has 1 aliphatic heterocycles. The molecule has 1 aromatic carbocycles. The summed E-state index contributed by atoms with van der Waals surface area (Å²) in [7, 11) is 1.90. The fourth-order valence-corrected chi connectivity index (χ4v) is 3.70. The van der Waals surface area contributed by atoms with E-state index in [2.05, 4.69) is 0 Å². The van der Waals surface area contributed by atoms with Crippen molar-refractivity contribution >= 4 is 16.9 Å². The molecule has 7 nitrogen and oxygen atoms in total. The van der Waals surface area contributed by atoms with Crippen LogP contribution < -0.4 is 5.43 Å². The van der Waals surface area contributed by atoms with Crippen LogP contribution >= 0.6 is 0 Å². The summed E-state index contributed by atoms with van der Waals surface area (Å²) in [6.07, 6.45) is 0. The number of fused-ring (bicyclic) bond motifs is 1. The smallest absolute Gasteiger partial charge is 0.289 e.